The maximum absolute atomic E-state index is 11.6. The Labute approximate surface area is 121 Å². The van der Waals surface area contributed by atoms with Crippen molar-refractivity contribution in [2.45, 2.75) is 24.9 Å². The second-order valence-electron chi connectivity index (χ2n) is 4.57. The molecule has 2 atom stereocenters. The van der Waals surface area contributed by atoms with Crippen LogP contribution in [0.1, 0.15) is 12.0 Å². The predicted octanol–water partition coefficient (Wildman–Crippen LogP) is -0.529. The van der Waals surface area contributed by atoms with Crippen LogP contribution in [-0.4, -0.2) is 41.5 Å². The van der Waals surface area contributed by atoms with E-state index in [1.165, 1.54) is 0 Å². The number of esters is 1. The molecule has 5 N–H and O–H groups in total. The van der Waals surface area contributed by atoms with E-state index in [2.05, 4.69) is 0 Å². The maximum atomic E-state index is 11.6. The third-order valence-corrected chi connectivity index (χ3v) is 2.77. The summed E-state index contributed by atoms with van der Waals surface area (Å²) in [5.41, 5.74) is 11.9. The van der Waals surface area contributed by atoms with E-state index >= 15 is 0 Å². The van der Waals surface area contributed by atoms with Crippen LogP contribution in [0.15, 0.2) is 30.3 Å². The minimum absolute atomic E-state index is 0.287. The number of carbonyl (C=O) groups excluding carboxylic acids is 2. The molecule has 21 heavy (non-hydrogen) atoms. The van der Waals surface area contributed by atoms with E-state index < -0.39 is 42.8 Å². The number of aliphatic carboxylic acids is 1. The maximum Gasteiger partial charge on any atom is 0.323 e. The predicted molar refractivity (Wildman–Crippen MR) is 74.3 cm³/mol. The van der Waals surface area contributed by atoms with Gasteiger partial charge in [0.15, 0.2) is 12.4 Å². The summed E-state index contributed by atoms with van der Waals surface area (Å²) in [5.74, 6) is -2.57. The molecule has 1 aromatic rings. The molecule has 0 unspecified atom stereocenters. The van der Waals surface area contributed by atoms with Crippen LogP contribution in [0.2, 0.25) is 0 Å². The van der Waals surface area contributed by atoms with Gasteiger partial charge in [0.05, 0.1) is 12.5 Å². The Kier molecular flexibility index (Phi) is 6.51. The van der Waals surface area contributed by atoms with E-state index in [-0.39, 0.29) is 6.42 Å². The molecule has 7 heteroatoms. The lowest BCUT2D eigenvalue weighted by molar-refractivity contribution is -0.149. The average Bonchev–Trinajstić information content (AvgIpc) is 2.44. The number of hydrogen-bond donors (Lipinski definition) is 3. The molecule has 0 fully saturated rings. The van der Waals surface area contributed by atoms with Gasteiger partial charge in [-0.05, 0) is 12.0 Å². The molecule has 0 saturated carbocycles. The van der Waals surface area contributed by atoms with Crippen molar-refractivity contribution in [3.63, 3.8) is 0 Å². The lowest BCUT2D eigenvalue weighted by atomic mass is 10.1. The first-order valence-electron chi connectivity index (χ1n) is 6.36. The topological polar surface area (TPSA) is 133 Å². The summed E-state index contributed by atoms with van der Waals surface area (Å²) in [4.78, 5) is 33.5. The smallest absolute Gasteiger partial charge is 0.323 e. The standard InChI is InChI=1S/C14H18N2O5/c15-10(7-13(18)19)12(17)8-21-14(20)11(16)6-9-4-2-1-3-5-9/h1-5,10-11H,6-8,15-16H2,(H,18,19)/t10-,11+/m1/s1. The highest BCUT2D eigenvalue weighted by atomic mass is 16.5. The Bertz CT molecular complexity index is 503. The highest BCUT2D eigenvalue weighted by Gasteiger charge is 2.21. The van der Waals surface area contributed by atoms with Crippen molar-refractivity contribution in [3.8, 4) is 0 Å². The fraction of sp³-hybridized carbons (Fsp3) is 0.357. The minimum Gasteiger partial charge on any atom is -0.481 e. The summed E-state index contributed by atoms with van der Waals surface area (Å²) in [6.07, 6.45) is -0.221. The lowest BCUT2D eigenvalue weighted by Crippen LogP contribution is -2.39. The van der Waals surface area contributed by atoms with Crippen LogP contribution in [0.25, 0.3) is 0 Å². The molecule has 0 aromatic heterocycles. The molecule has 0 spiro atoms. The van der Waals surface area contributed by atoms with Crippen LogP contribution in [0.4, 0.5) is 0 Å². The summed E-state index contributed by atoms with van der Waals surface area (Å²) < 4.78 is 4.75. The van der Waals surface area contributed by atoms with Crippen molar-refractivity contribution in [2.75, 3.05) is 6.61 Å². The molecule has 0 aliphatic heterocycles. The highest BCUT2D eigenvalue weighted by molar-refractivity contribution is 5.90. The van der Waals surface area contributed by atoms with Crippen molar-refractivity contribution in [3.05, 3.63) is 35.9 Å². The van der Waals surface area contributed by atoms with Gasteiger partial charge in [0.25, 0.3) is 0 Å². The number of ketones is 1. The summed E-state index contributed by atoms with van der Waals surface area (Å²) in [6, 6.07) is 7.04. The first-order chi connectivity index (χ1) is 9.90. The van der Waals surface area contributed by atoms with Crippen molar-refractivity contribution >= 4 is 17.7 Å². The molecular formula is C14H18N2O5. The summed E-state index contributed by atoms with van der Waals surface area (Å²) >= 11 is 0. The van der Waals surface area contributed by atoms with Gasteiger partial charge in [-0.15, -0.1) is 0 Å². The molecule has 0 radical (unpaired) electrons. The number of nitrogens with two attached hydrogens (primary N) is 2. The highest BCUT2D eigenvalue weighted by Crippen LogP contribution is 2.03. The van der Waals surface area contributed by atoms with Gasteiger partial charge in [0.1, 0.15) is 6.04 Å². The Morgan fingerprint density at radius 3 is 2.29 bits per heavy atom. The molecule has 0 saturated heterocycles. The quantitative estimate of drug-likeness (QED) is 0.549. The van der Waals surface area contributed by atoms with E-state index in [1.54, 1.807) is 0 Å². The monoisotopic (exact) mass is 294 g/mol. The first-order valence-corrected chi connectivity index (χ1v) is 6.36. The van der Waals surface area contributed by atoms with Gasteiger partial charge >= 0.3 is 11.9 Å². The average molecular weight is 294 g/mol. The summed E-state index contributed by atoms with van der Waals surface area (Å²) in [6.45, 7) is -0.574. The lowest BCUT2D eigenvalue weighted by Gasteiger charge is -2.12. The zero-order valence-electron chi connectivity index (χ0n) is 11.4. The summed E-state index contributed by atoms with van der Waals surface area (Å²) in [7, 11) is 0. The number of carbonyl (C=O) groups is 3. The summed E-state index contributed by atoms with van der Waals surface area (Å²) in [5, 5.41) is 8.50. The van der Waals surface area contributed by atoms with Crippen LogP contribution in [0.5, 0.6) is 0 Å². The number of carboxylic acid groups (broad SMARTS) is 1. The van der Waals surface area contributed by atoms with E-state index in [0.29, 0.717) is 0 Å². The van der Waals surface area contributed by atoms with Gasteiger partial charge < -0.3 is 21.3 Å². The van der Waals surface area contributed by atoms with Crippen molar-refractivity contribution in [2.24, 2.45) is 11.5 Å². The van der Waals surface area contributed by atoms with Crippen LogP contribution in [-0.2, 0) is 25.5 Å². The fourth-order valence-corrected chi connectivity index (χ4v) is 1.61. The molecule has 114 valence electrons. The molecule has 1 aromatic carbocycles. The Balaban J connectivity index is 2.39. The zero-order valence-corrected chi connectivity index (χ0v) is 11.4. The third-order valence-electron chi connectivity index (χ3n) is 2.77. The molecule has 0 heterocycles. The van der Waals surface area contributed by atoms with Gasteiger partial charge in [-0.3, -0.25) is 14.4 Å². The first kappa shape index (κ1) is 16.8. The normalized spacial score (nSPS) is 13.2. The Morgan fingerprint density at radius 2 is 1.71 bits per heavy atom. The van der Waals surface area contributed by atoms with E-state index in [1.807, 2.05) is 30.3 Å². The van der Waals surface area contributed by atoms with Crippen LogP contribution in [0.3, 0.4) is 0 Å². The molecule has 0 aliphatic carbocycles. The van der Waals surface area contributed by atoms with Gasteiger partial charge in [0, 0.05) is 0 Å². The second-order valence-corrected chi connectivity index (χ2v) is 4.57. The number of ether oxygens (including phenoxy) is 1. The number of rotatable bonds is 8. The van der Waals surface area contributed by atoms with Crippen LogP contribution < -0.4 is 11.5 Å². The number of carboxylic acids is 1. The van der Waals surface area contributed by atoms with E-state index in [4.69, 9.17) is 21.3 Å². The molecule has 0 bridgehead atoms. The van der Waals surface area contributed by atoms with Gasteiger partial charge in [-0.25, -0.2) is 0 Å². The van der Waals surface area contributed by atoms with Gasteiger partial charge in [-0.1, -0.05) is 30.3 Å². The van der Waals surface area contributed by atoms with Crippen LogP contribution in [0, 0.1) is 0 Å². The number of Topliss-reactive ketones (excluding diaryl/α,β-unsaturated/α-hetero) is 1. The fourth-order valence-electron chi connectivity index (χ4n) is 1.61. The second kappa shape index (κ2) is 8.13. The molecule has 0 amide bonds. The van der Waals surface area contributed by atoms with Crippen molar-refractivity contribution in [1.29, 1.82) is 0 Å². The number of hydrogen-bond acceptors (Lipinski definition) is 6. The molecule has 0 aliphatic rings. The molecule has 1 rings (SSSR count). The van der Waals surface area contributed by atoms with Gasteiger partial charge in [0.2, 0.25) is 0 Å². The van der Waals surface area contributed by atoms with Crippen molar-refractivity contribution in [1.82, 2.24) is 0 Å². The van der Waals surface area contributed by atoms with Gasteiger partial charge in [-0.2, -0.15) is 0 Å². The molecule has 7 nitrogen and oxygen atoms in total. The Hall–Kier alpha value is -2.25. The molecular weight excluding hydrogens is 276 g/mol. The zero-order chi connectivity index (χ0) is 15.8. The SMILES string of the molecule is N[C@H](CC(=O)O)C(=O)COC(=O)[C@@H](N)Cc1ccccc1. The third kappa shape index (κ3) is 6.15. The van der Waals surface area contributed by atoms with Crippen molar-refractivity contribution < 1.29 is 24.2 Å². The number of benzene rings is 1. The van der Waals surface area contributed by atoms with E-state index in [9.17, 15) is 14.4 Å². The minimum atomic E-state index is -1.19. The van der Waals surface area contributed by atoms with E-state index in [0.717, 1.165) is 5.56 Å². The van der Waals surface area contributed by atoms with Crippen LogP contribution >= 0.6 is 0 Å². The Morgan fingerprint density at radius 1 is 1.10 bits per heavy atom. The largest absolute Gasteiger partial charge is 0.481 e.